The number of nitrogens with zero attached hydrogens (tertiary/aromatic N) is 2. The van der Waals surface area contributed by atoms with Crippen LogP contribution < -0.4 is 0 Å². The van der Waals surface area contributed by atoms with Crippen LogP contribution in [0.3, 0.4) is 0 Å². The van der Waals surface area contributed by atoms with Crippen molar-refractivity contribution in [1.29, 1.82) is 0 Å². The van der Waals surface area contributed by atoms with Crippen LogP contribution in [0.15, 0.2) is 20.2 Å². The Bertz CT molecular complexity index is 683. The second-order valence-corrected chi connectivity index (χ2v) is 28.4. The molecule has 0 atom stereocenters. The maximum absolute atomic E-state index is 2.72. The molecule has 0 saturated carbocycles. The third-order valence-electron chi connectivity index (χ3n) is 9.11. The topological polar surface area (TPSA) is 6.48 Å². The zero-order chi connectivity index (χ0) is 29.1. The van der Waals surface area contributed by atoms with Crippen LogP contribution in [0, 0.1) is 0 Å². The van der Waals surface area contributed by atoms with Crippen molar-refractivity contribution in [2.45, 2.75) is 171 Å². The van der Waals surface area contributed by atoms with Gasteiger partial charge in [-0.05, 0) is 0 Å². The standard InChI is InChI=1S/C32H62BN2.3CH3.Sn/c1-7-11-15-19-21-25-30(24-20-16-12-8-2)31(26-22-17-13-9-3)32(27-23-18-14-10-4)33-34(5)28-29-35(33)6;;;;/h7-24,26-29H2,1-6H3;3*1H3;. The Balaban J connectivity index is 3.73. The molecule has 0 aliphatic carbocycles. The molecule has 1 heterocycles. The summed E-state index contributed by atoms with van der Waals surface area (Å²) in [7, 11) is 4.79. The third kappa shape index (κ3) is 14.3. The third-order valence-corrected chi connectivity index (χ3v) is 15.9. The molecular weight excluding hydrogens is 578 g/mol. The van der Waals surface area contributed by atoms with E-state index in [1.54, 1.807) is 0 Å². The van der Waals surface area contributed by atoms with Crippen LogP contribution in [-0.4, -0.2) is 62.2 Å². The minimum absolute atomic E-state index is 0.509. The van der Waals surface area contributed by atoms with E-state index in [9.17, 15) is 0 Å². The molecule has 4 heteroatoms. The normalized spacial score (nSPS) is 16.7. The number of allylic oxidation sites excluding steroid dienone is 4. The van der Waals surface area contributed by atoms with Gasteiger partial charge in [-0.25, -0.2) is 0 Å². The predicted octanol–water partition coefficient (Wildman–Crippen LogP) is 11.2. The molecule has 0 aromatic rings. The molecule has 39 heavy (non-hydrogen) atoms. The van der Waals surface area contributed by atoms with Crippen molar-refractivity contribution in [2.75, 3.05) is 27.2 Å². The van der Waals surface area contributed by atoms with Gasteiger partial charge in [0.2, 0.25) is 0 Å². The van der Waals surface area contributed by atoms with E-state index in [2.05, 4.69) is 66.2 Å². The van der Waals surface area contributed by atoms with Crippen molar-refractivity contribution in [2.24, 2.45) is 0 Å². The quantitative estimate of drug-likeness (QED) is 0.0618. The SMILES string of the molecule is CCCCCCC(B1N(C)CCN1C)=C(CCCCCC)C(CCCCCC)=[C](CCCCCC)[Sn]([CH3])([CH3])[CH3]. The molecular formula is C35H71BN2Sn. The van der Waals surface area contributed by atoms with Crippen LogP contribution in [-0.2, 0) is 0 Å². The van der Waals surface area contributed by atoms with E-state index in [1.807, 2.05) is 20.2 Å². The van der Waals surface area contributed by atoms with Gasteiger partial charge in [-0.3, -0.25) is 0 Å². The maximum atomic E-state index is 2.72. The molecule has 0 unspecified atom stereocenters. The van der Waals surface area contributed by atoms with E-state index in [1.165, 1.54) is 142 Å². The first-order chi connectivity index (χ1) is 18.7. The average molecular weight is 649 g/mol. The van der Waals surface area contributed by atoms with E-state index in [-0.39, 0.29) is 0 Å². The number of hydrogen-bond acceptors (Lipinski definition) is 2. The molecule has 1 aliphatic heterocycles. The Hall–Kier alpha value is 0.264. The number of likely N-dealkylation sites (N-methyl/N-ethyl adjacent to an activating group) is 2. The van der Waals surface area contributed by atoms with Crippen molar-refractivity contribution >= 4 is 25.4 Å². The molecule has 1 fully saturated rings. The van der Waals surface area contributed by atoms with Crippen LogP contribution in [0.1, 0.15) is 156 Å². The Morgan fingerprint density at radius 1 is 0.513 bits per heavy atom. The zero-order valence-corrected chi connectivity index (χ0v) is 31.4. The summed E-state index contributed by atoms with van der Waals surface area (Å²) in [6.45, 7) is 12.4. The Kier molecular flexibility index (Phi) is 20.9. The first kappa shape index (κ1) is 37.3. The molecule has 0 spiro atoms. The fourth-order valence-corrected chi connectivity index (χ4v) is 12.8. The van der Waals surface area contributed by atoms with E-state index >= 15 is 0 Å². The van der Waals surface area contributed by atoms with Gasteiger partial charge in [0.1, 0.15) is 0 Å². The Morgan fingerprint density at radius 3 is 1.31 bits per heavy atom. The molecule has 0 aromatic carbocycles. The Labute approximate surface area is 252 Å². The van der Waals surface area contributed by atoms with Crippen molar-refractivity contribution in [3.05, 3.63) is 20.2 Å². The van der Waals surface area contributed by atoms with Crippen LogP contribution in [0.5, 0.6) is 0 Å². The average Bonchev–Trinajstić information content (AvgIpc) is 3.23. The summed E-state index contributed by atoms with van der Waals surface area (Å²) in [5.41, 5.74) is 5.60. The molecule has 0 bridgehead atoms. The molecule has 0 amide bonds. The predicted molar refractivity (Wildman–Crippen MR) is 183 cm³/mol. The molecule has 2 nitrogen and oxygen atoms in total. The van der Waals surface area contributed by atoms with E-state index in [0.29, 0.717) is 6.98 Å². The minimum atomic E-state index is -2.30. The van der Waals surface area contributed by atoms with Gasteiger partial charge in [0.15, 0.2) is 0 Å². The molecule has 1 rings (SSSR count). The van der Waals surface area contributed by atoms with Gasteiger partial charge < -0.3 is 0 Å². The van der Waals surface area contributed by atoms with Gasteiger partial charge >= 0.3 is 253 Å². The van der Waals surface area contributed by atoms with E-state index < -0.39 is 18.4 Å². The summed E-state index contributed by atoms with van der Waals surface area (Å²) in [6.07, 6.45) is 27.4. The molecule has 0 radical (unpaired) electrons. The molecule has 0 aromatic heterocycles. The molecule has 0 N–H and O–H groups in total. The molecule has 228 valence electrons. The van der Waals surface area contributed by atoms with Crippen LogP contribution in [0.25, 0.3) is 0 Å². The van der Waals surface area contributed by atoms with Crippen molar-refractivity contribution < 1.29 is 0 Å². The summed E-state index contributed by atoms with van der Waals surface area (Å²) in [6, 6.07) is 0. The van der Waals surface area contributed by atoms with E-state index in [4.69, 9.17) is 0 Å². The zero-order valence-electron chi connectivity index (χ0n) is 28.5. The summed E-state index contributed by atoms with van der Waals surface area (Å²) in [4.78, 5) is 13.5. The number of unbranched alkanes of at least 4 members (excludes halogenated alkanes) is 12. The van der Waals surface area contributed by atoms with Gasteiger partial charge in [-0.15, -0.1) is 0 Å². The van der Waals surface area contributed by atoms with Gasteiger partial charge in [0, 0.05) is 0 Å². The molecule has 1 aliphatic rings. The first-order valence-electron chi connectivity index (χ1n) is 17.6. The summed E-state index contributed by atoms with van der Waals surface area (Å²) < 4.78 is 2.01. The van der Waals surface area contributed by atoms with Gasteiger partial charge in [-0.1, -0.05) is 0 Å². The molecule has 1 saturated heterocycles. The van der Waals surface area contributed by atoms with Crippen molar-refractivity contribution in [3.8, 4) is 0 Å². The van der Waals surface area contributed by atoms with Gasteiger partial charge in [0.25, 0.3) is 0 Å². The fraction of sp³-hybridized carbons (Fsp3) is 0.886. The van der Waals surface area contributed by atoms with Gasteiger partial charge in [0.05, 0.1) is 0 Å². The van der Waals surface area contributed by atoms with Crippen LogP contribution in [0.4, 0.5) is 0 Å². The summed E-state index contributed by atoms with van der Waals surface area (Å²) in [5, 5.41) is 0. The number of rotatable bonds is 23. The second kappa shape index (κ2) is 21.9. The van der Waals surface area contributed by atoms with Crippen LogP contribution in [0.2, 0.25) is 14.8 Å². The Morgan fingerprint density at radius 2 is 0.897 bits per heavy atom. The summed E-state index contributed by atoms with van der Waals surface area (Å²) >= 11 is -2.30. The number of hydrogen-bond donors (Lipinski definition) is 0. The van der Waals surface area contributed by atoms with Crippen LogP contribution >= 0.6 is 0 Å². The fourth-order valence-electron chi connectivity index (χ4n) is 6.76. The monoisotopic (exact) mass is 650 g/mol. The van der Waals surface area contributed by atoms with Crippen molar-refractivity contribution in [1.82, 2.24) is 9.62 Å². The second-order valence-electron chi connectivity index (χ2n) is 13.8. The first-order valence-corrected chi connectivity index (χ1v) is 27.6. The van der Waals surface area contributed by atoms with Crippen molar-refractivity contribution in [3.63, 3.8) is 0 Å². The van der Waals surface area contributed by atoms with E-state index in [0.717, 1.165) is 0 Å². The van der Waals surface area contributed by atoms with Gasteiger partial charge in [-0.2, -0.15) is 0 Å². The summed E-state index contributed by atoms with van der Waals surface area (Å²) in [5.74, 6) is 0.